The molecule has 27 heavy (non-hydrogen) atoms. The SMILES string of the molecule is CN(Cc1nc(-c2ccccn2)no1)C(=O)c1cc(=O)[nH]c2ccccc12. The van der Waals surface area contributed by atoms with E-state index in [0.717, 1.165) is 0 Å². The van der Waals surface area contributed by atoms with Gasteiger partial charge in [0.2, 0.25) is 17.3 Å². The number of hydrogen-bond donors (Lipinski definition) is 1. The Hall–Kier alpha value is -3.81. The first-order valence-corrected chi connectivity index (χ1v) is 8.23. The van der Waals surface area contributed by atoms with Gasteiger partial charge in [0, 0.05) is 30.2 Å². The zero-order valence-electron chi connectivity index (χ0n) is 14.4. The van der Waals surface area contributed by atoms with Gasteiger partial charge in [0.25, 0.3) is 5.91 Å². The maximum absolute atomic E-state index is 12.9. The van der Waals surface area contributed by atoms with Crippen molar-refractivity contribution in [3.05, 3.63) is 76.5 Å². The van der Waals surface area contributed by atoms with E-state index in [-0.39, 0.29) is 23.9 Å². The Morgan fingerprint density at radius 2 is 2.00 bits per heavy atom. The van der Waals surface area contributed by atoms with Crippen LogP contribution in [0.5, 0.6) is 0 Å². The predicted octanol–water partition coefficient (Wildman–Crippen LogP) is 2.25. The van der Waals surface area contributed by atoms with Crippen LogP contribution in [0.2, 0.25) is 0 Å². The Bertz CT molecular complexity index is 1170. The molecule has 3 heterocycles. The number of hydrogen-bond acceptors (Lipinski definition) is 6. The number of fused-ring (bicyclic) bond motifs is 1. The van der Waals surface area contributed by atoms with Gasteiger partial charge in [-0.3, -0.25) is 14.6 Å². The number of carbonyl (C=O) groups excluding carboxylic acids is 1. The summed E-state index contributed by atoms with van der Waals surface area (Å²) in [5, 5.41) is 4.57. The van der Waals surface area contributed by atoms with E-state index in [9.17, 15) is 9.59 Å². The number of carbonyl (C=O) groups is 1. The van der Waals surface area contributed by atoms with E-state index in [1.165, 1.54) is 11.0 Å². The summed E-state index contributed by atoms with van der Waals surface area (Å²) < 4.78 is 5.22. The van der Waals surface area contributed by atoms with Crippen LogP contribution in [0.3, 0.4) is 0 Å². The van der Waals surface area contributed by atoms with Crippen molar-refractivity contribution in [2.45, 2.75) is 6.54 Å². The Kier molecular flexibility index (Phi) is 4.21. The van der Waals surface area contributed by atoms with E-state index >= 15 is 0 Å². The molecule has 1 aromatic carbocycles. The van der Waals surface area contributed by atoms with Gasteiger partial charge < -0.3 is 14.4 Å². The Morgan fingerprint density at radius 1 is 1.19 bits per heavy atom. The molecule has 0 saturated heterocycles. The number of aromatic amines is 1. The van der Waals surface area contributed by atoms with Crippen molar-refractivity contribution in [2.75, 3.05) is 7.05 Å². The zero-order valence-corrected chi connectivity index (χ0v) is 14.4. The minimum Gasteiger partial charge on any atom is -0.337 e. The van der Waals surface area contributed by atoms with Gasteiger partial charge in [-0.1, -0.05) is 29.4 Å². The highest BCUT2D eigenvalue weighted by molar-refractivity contribution is 6.05. The molecule has 8 heteroatoms. The summed E-state index contributed by atoms with van der Waals surface area (Å²) in [4.78, 5) is 37.3. The van der Waals surface area contributed by atoms with Gasteiger partial charge in [0.15, 0.2) is 0 Å². The van der Waals surface area contributed by atoms with Gasteiger partial charge in [0.05, 0.1) is 12.1 Å². The van der Waals surface area contributed by atoms with Crippen molar-refractivity contribution in [1.29, 1.82) is 0 Å². The smallest absolute Gasteiger partial charge is 0.254 e. The minimum atomic E-state index is -0.333. The van der Waals surface area contributed by atoms with Gasteiger partial charge in [0.1, 0.15) is 5.69 Å². The van der Waals surface area contributed by atoms with Gasteiger partial charge in [-0.15, -0.1) is 0 Å². The summed E-state index contributed by atoms with van der Waals surface area (Å²) in [5.74, 6) is 0.323. The molecule has 4 aromatic rings. The normalized spacial score (nSPS) is 10.9. The average molecular weight is 361 g/mol. The average Bonchev–Trinajstić information content (AvgIpc) is 3.16. The second-order valence-corrected chi connectivity index (χ2v) is 5.98. The molecular weight excluding hydrogens is 346 g/mol. The summed E-state index contributed by atoms with van der Waals surface area (Å²) in [5.41, 5.74) is 1.18. The monoisotopic (exact) mass is 361 g/mol. The number of rotatable bonds is 4. The fraction of sp³-hybridized carbons (Fsp3) is 0.105. The molecule has 0 aliphatic heterocycles. The number of benzene rings is 1. The zero-order chi connectivity index (χ0) is 18.8. The molecule has 0 bridgehead atoms. The molecule has 0 radical (unpaired) electrons. The highest BCUT2D eigenvalue weighted by Gasteiger charge is 2.19. The van der Waals surface area contributed by atoms with Crippen LogP contribution in [-0.4, -0.2) is 38.0 Å². The number of nitrogens with zero attached hydrogens (tertiary/aromatic N) is 4. The van der Waals surface area contributed by atoms with Crippen LogP contribution < -0.4 is 5.56 Å². The first-order chi connectivity index (χ1) is 13.1. The number of pyridine rings is 2. The number of amides is 1. The molecule has 8 nitrogen and oxygen atoms in total. The van der Waals surface area contributed by atoms with Crippen LogP contribution in [0.4, 0.5) is 0 Å². The maximum atomic E-state index is 12.9. The first-order valence-electron chi connectivity index (χ1n) is 8.23. The summed E-state index contributed by atoms with van der Waals surface area (Å²) in [6.45, 7) is 0.111. The fourth-order valence-electron chi connectivity index (χ4n) is 2.78. The second-order valence-electron chi connectivity index (χ2n) is 5.98. The molecule has 4 rings (SSSR count). The van der Waals surface area contributed by atoms with Crippen molar-refractivity contribution in [1.82, 2.24) is 25.0 Å². The molecule has 0 unspecified atom stereocenters. The summed E-state index contributed by atoms with van der Waals surface area (Å²) >= 11 is 0. The summed E-state index contributed by atoms with van der Waals surface area (Å²) in [6.07, 6.45) is 1.64. The molecule has 0 aliphatic rings. The van der Waals surface area contributed by atoms with Crippen molar-refractivity contribution in [3.8, 4) is 11.5 Å². The van der Waals surface area contributed by atoms with Crippen LogP contribution in [0, 0.1) is 0 Å². The topological polar surface area (TPSA) is 105 Å². The lowest BCUT2D eigenvalue weighted by atomic mass is 10.1. The van der Waals surface area contributed by atoms with Crippen LogP contribution in [0.15, 0.2) is 64.0 Å². The molecule has 0 spiro atoms. The van der Waals surface area contributed by atoms with Gasteiger partial charge >= 0.3 is 0 Å². The third-order valence-corrected chi connectivity index (χ3v) is 4.06. The fourth-order valence-corrected chi connectivity index (χ4v) is 2.78. The van der Waals surface area contributed by atoms with E-state index < -0.39 is 0 Å². The predicted molar refractivity (Wildman–Crippen MR) is 97.9 cm³/mol. The number of aromatic nitrogens is 4. The van der Waals surface area contributed by atoms with Crippen molar-refractivity contribution < 1.29 is 9.32 Å². The van der Waals surface area contributed by atoms with Crippen LogP contribution in [0.25, 0.3) is 22.4 Å². The second kappa shape index (κ2) is 6.83. The standard InChI is InChI=1S/C19H15N5O3/c1-24(11-17-22-18(23-27-17)15-8-4-5-9-20-15)19(26)13-10-16(25)21-14-7-3-2-6-12(13)14/h2-10H,11H2,1H3,(H,21,25). The lowest BCUT2D eigenvalue weighted by Crippen LogP contribution is -2.27. The van der Waals surface area contributed by atoms with Crippen molar-refractivity contribution >= 4 is 16.8 Å². The quantitative estimate of drug-likeness (QED) is 0.598. The van der Waals surface area contributed by atoms with E-state index in [4.69, 9.17) is 4.52 Å². The van der Waals surface area contributed by atoms with Crippen molar-refractivity contribution in [3.63, 3.8) is 0 Å². The maximum Gasteiger partial charge on any atom is 0.254 e. The lowest BCUT2D eigenvalue weighted by Gasteiger charge is -2.15. The molecule has 3 aromatic heterocycles. The largest absolute Gasteiger partial charge is 0.337 e. The molecule has 134 valence electrons. The van der Waals surface area contributed by atoms with E-state index in [2.05, 4.69) is 20.1 Å². The first kappa shape index (κ1) is 16.6. The van der Waals surface area contributed by atoms with Crippen LogP contribution >= 0.6 is 0 Å². The highest BCUT2D eigenvalue weighted by atomic mass is 16.5. The lowest BCUT2D eigenvalue weighted by molar-refractivity contribution is 0.0771. The molecule has 0 saturated carbocycles. The van der Waals surface area contributed by atoms with Gasteiger partial charge in [-0.25, -0.2) is 0 Å². The molecule has 0 atom stereocenters. The number of para-hydroxylation sites is 1. The summed E-state index contributed by atoms with van der Waals surface area (Å²) in [7, 11) is 1.61. The molecule has 1 N–H and O–H groups in total. The number of nitrogens with one attached hydrogen (secondary N) is 1. The molecule has 0 aliphatic carbocycles. The Balaban J connectivity index is 1.59. The summed E-state index contributed by atoms with van der Waals surface area (Å²) in [6, 6.07) is 13.8. The molecule has 1 amide bonds. The van der Waals surface area contributed by atoms with Crippen molar-refractivity contribution in [2.24, 2.45) is 0 Å². The van der Waals surface area contributed by atoms with Crippen LogP contribution in [0.1, 0.15) is 16.2 Å². The van der Waals surface area contributed by atoms with E-state index in [1.807, 2.05) is 12.1 Å². The number of H-pyrrole nitrogens is 1. The van der Waals surface area contributed by atoms with Gasteiger partial charge in [-0.05, 0) is 18.2 Å². The van der Waals surface area contributed by atoms with E-state index in [0.29, 0.717) is 28.0 Å². The van der Waals surface area contributed by atoms with E-state index in [1.54, 1.807) is 43.6 Å². The Labute approximate surface area is 153 Å². The Morgan fingerprint density at radius 3 is 2.81 bits per heavy atom. The minimum absolute atomic E-state index is 0.111. The molecule has 0 fully saturated rings. The molecular formula is C19H15N5O3. The van der Waals surface area contributed by atoms with Gasteiger partial charge in [-0.2, -0.15) is 4.98 Å². The highest BCUT2D eigenvalue weighted by Crippen LogP contribution is 2.18. The third-order valence-electron chi connectivity index (χ3n) is 4.06. The third kappa shape index (κ3) is 3.32. The van der Waals surface area contributed by atoms with Crippen LogP contribution in [-0.2, 0) is 6.54 Å².